The van der Waals surface area contributed by atoms with Gasteiger partial charge < -0.3 is 5.11 Å². The van der Waals surface area contributed by atoms with Crippen molar-refractivity contribution < 1.29 is 18.3 Å². The Bertz CT molecular complexity index is 362. The molecule has 0 saturated heterocycles. The van der Waals surface area contributed by atoms with Crippen LogP contribution in [0.4, 0.5) is 13.2 Å². The fraction of sp³-hybridized carbons (Fsp3) is 0.625. The summed E-state index contributed by atoms with van der Waals surface area (Å²) in [7, 11) is 1.54. The third kappa shape index (κ3) is 2.72. The number of halogens is 4. The Kier molecular flexibility index (Phi) is 3.44. The number of nitrogens with zero attached hydrogens (tertiary/aromatic N) is 2. The minimum absolute atomic E-state index is 0.331. The van der Waals surface area contributed by atoms with E-state index in [0.717, 1.165) is 0 Å². The summed E-state index contributed by atoms with van der Waals surface area (Å²) < 4.78 is 38.2. The summed E-state index contributed by atoms with van der Waals surface area (Å²) in [5.74, 6) is 0. The van der Waals surface area contributed by atoms with Gasteiger partial charge in [-0.3, -0.25) is 4.68 Å². The van der Waals surface area contributed by atoms with Crippen LogP contribution in [-0.4, -0.2) is 27.2 Å². The van der Waals surface area contributed by atoms with Crippen LogP contribution in [0.1, 0.15) is 11.4 Å². The van der Waals surface area contributed by atoms with E-state index in [9.17, 15) is 13.2 Å². The van der Waals surface area contributed by atoms with Crippen molar-refractivity contribution in [3.8, 4) is 0 Å². The van der Waals surface area contributed by atoms with E-state index in [2.05, 4.69) is 21.0 Å². The molecular formula is C8H10BrF3N2O. The zero-order valence-corrected chi connectivity index (χ0v) is 9.72. The summed E-state index contributed by atoms with van der Waals surface area (Å²) in [5.41, 5.74) is 0.930. The van der Waals surface area contributed by atoms with E-state index in [1.54, 1.807) is 6.92 Å². The van der Waals surface area contributed by atoms with E-state index in [1.807, 2.05) is 0 Å². The van der Waals surface area contributed by atoms with Crippen molar-refractivity contribution in [2.75, 3.05) is 0 Å². The predicted molar refractivity (Wildman–Crippen MR) is 51.4 cm³/mol. The molecule has 15 heavy (non-hydrogen) atoms. The highest BCUT2D eigenvalue weighted by molar-refractivity contribution is 9.10. The Morgan fingerprint density at radius 1 is 1.53 bits per heavy atom. The number of hydrogen-bond acceptors (Lipinski definition) is 2. The maximum absolute atomic E-state index is 12.1. The highest BCUT2D eigenvalue weighted by Crippen LogP contribution is 2.27. The molecule has 0 bridgehead atoms. The van der Waals surface area contributed by atoms with E-state index in [4.69, 9.17) is 5.11 Å². The summed E-state index contributed by atoms with van der Waals surface area (Å²) in [6.45, 7) is 1.67. The Morgan fingerprint density at radius 3 is 2.40 bits per heavy atom. The second-order valence-corrected chi connectivity index (χ2v) is 4.02. The quantitative estimate of drug-likeness (QED) is 0.903. The molecule has 0 unspecified atom stereocenters. The van der Waals surface area contributed by atoms with Crippen LogP contribution in [0.15, 0.2) is 4.47 Å². The normalized spacial score (nSPS) is 14.3. The Hall–Kier alpha value is -0.560. The van der Waals surface area contributed by atoms with E-state index in [-0.39, 0.29) is 0 Å². The number of aryl methyl sites for hydroxylation is 2. The molecule has 0 aliphatic carbocycles. The van der Waals surface area contributed by atoms with Gasteiger partial charge in [-0.15, -0.1) is 0 Å². The fourth-order valence-corrected chi connectivity index (χ4v) is 1.70. The lowest BCUT2D eigenvalue weighted by molar-refractivity contribution is -0.203. The number of rotatable bonds is 2. The number of hydrogen-bond donors (Lipinski definition) is 1. The third-order valence-corrected chi connectivity index (χ3v) is 3.06. The van der Waals surface area contributed by atoms with Crippen molar-refractivity contribution in [1.82, 2.24) is 9.78 Å². The molecule has 1 rings (SSSR count). The van der Waals surface area contributed by atoms with E-state index < -0.39 is 18.7 Å². The number of aliphatic hydroxyl groups is 1. The van der Waals surface area contributed by atoms with Gasteiger partial charge in [0.2, 0.25) is 0 Å². The molecule has 0 saturated carbocycles. The molecule has 1 atom stereocenters. The maximum atomic E-state index is 12.1. The molecule has 0 amide bonds. The first kappa shape index (κ1) is 12.5. The largest absolute Gasteiger partial charge is 0.414 e. The molecular weight excluding hydrogens is 277 g/mol. The highest BCUT2D eigenvalue weighted by atomic mass is 79.9. The molecule has 0 spiro atoms. The second-order valence-electron chi connectivity index (χ2n) is 3.23. The van der Waals surface area contributed by atoms with Gasteiger partial charge in [-0.05, 0) is 22.9 Å². The second kappa shape index (κ2) is 4.13. The zero-order valence-electron chi connectivity index (χ0n) is 8.14. The molecule has 0 fully saturated rings. The maximum Gasteiger partial charge on any atom is 0.414 e. The average Bonchev–Trinajstić information content (AvgIpc) is 2.30. The fourth-order valence-electron chi connectivity index (χ4n) is 1.20. The van der Waals surface area contributed by atoms with Crippen molar-refractivity contribution in [1.29, 1.82) is 0 Å². The van der Waals surface area contributed by atoms with Crippen molar-refractivity contribution >= 4 is 15.9 Å². The molecule has 7 heteroatoms. The Labute approximate surface area is 93.0 Å². The number of alkyl halides is 3. The van der Waals surface area contributed by atoms with Gasteiger partial charge in [0.05, 0.1) is 15.9 Å². The first-order valence-electron chi connectivity index (χ1n) is 4.16. The SMILES string of the molecule is Cc1nn(C)c(C[C@H](O)C(F)(F)F)c1Br. The lowest BCUT2D eigenvalue weighted by Gasteiger charge is -2.14. The lowest BCUT2D eigenvalue weighted by Crippen LogP contribution is -2.31. The number of aliphatic hydroxyl groups excluding tert-OH is 1. The van der Waals surface area contributed by atoms with Crippen molar-refractivity contribution in [3.05, 3.63) is 15.9 Å². The van der Waals surface area contributed by atoms with Crippen LogP contribution in [0.3, 0.4) is 0 Å². The standard InChI is InChI=1S/C8H10BrF3N2O/c1-4-7(9)5(14(2)13-4)3-6(15)8(10,11)12/h6,15H,3H2,1-2H3/t6-/m0/s1. The van der Waals surface area contributed by atoms with Crippen LogP contribution in [-0.2, 0) is 13.5 Å². The van der Waals surface area contributed by atoms with Crippen LogP contribution in [0.5, 0.6) is 0 Å². The van der Waals surface area contributed by atoms with Gasteiger partial charge in [0.25, 0.3) is 0 Å². The van der Waals surface area contributed by atoms with Crippen molar-refractivity contribution in [3.63, 3.8) is 0 Å². The molecule has 0 aliphatic heterocycles. The molecule has 86 valence electrons. The monoisotopic (exact) mass is 286 g/mol. The van der Waals surface area contributed by atoms with Crippen LogP contribution < -0.4 is 0 Å². The van der Waals surface area contributed by atoms with Gasteiger partial charge in [-0.25, -0.2) is 0 Å². The molecule has 0 aromatic carbocycles. The summed E-state index contributed by atoms with van der Waals surface area (Å²) in [4.78, 5) is 0. The molecule has 1 heterocycles. The van der Waals surface area contributed by atoms with Crippen LogP contribution in [0.25, 0.3) is 0 Å². The summed E-state index contributed by atoms with van der Waals surface area (Å²) >= 11 is 3.13. The van der Waals surface area contributed by atoms with Crippen molar-refractivity contribution in [2.45, 2.75) is 25.6 Å². The molecule has 1 aromatic rings. The molecule has 1 N–H and O–H groups in total. The Morgan fingerprint density at radius 2 is 2.07 bits per heavy atom. The highest BCUT2D eigenvalue weighted by Gasteiger charge is 2.39. The van der Waals surface area contributed by atoms with Crippen LogP contribution >= 0.6 is 15.9 Å². The molecule has 0 aliphatic rings. The van der Waals surface area contributed by atoms with Crippen LogP contribution in [0, 0.1) is 6.92 Å². The van der Waals surface area contributed by atoms with Gasteiger partial charge in [0.1, 0.15) is 0 Å². The lowest BCUT2D eigenvalue weighted by atomic mass is 10.2. The van der Waals surface area contributed by atoms with Gasteiger partial charge >= 0.3 is 6.18 Å². The van der Waals surface area contributed by atoms with Gasteiger partial charge in [-0.2, -0.15) is 18.3 Å². The van der Waals surface area contributed by atoms with Crippen LogP contribution in [0.2, 0.25) is 0 Å². The van der Waals surface area contributed by atoms with E-state index in [0.29, 0.717) is 15.9 Å². The smallest absolute Gasteiger partial charge is 0.383 e. The van der Waals surface area contributed by atoms with E-state index >= 15 is 0 Å². The molecule has 0 radical (unpaired) electrons. The predicted octanol–water partition coefficient (Wildman–Crippen LogP) is 1.96. The molecule has 3 nitrogen and oxygen atoms in total. The average molecular weight is 287 g/mol. The zero-order chi connectivity index (χ0) is 11.8. The van der Waals surface area contributed by atoms with Gasteiger partial charge in [0.15, 0.2) is 6.10 Å². The summed E-state index contributed by atoms with van der Waals surface area (Å²) in [6, 6.07) is 0. The first-order valence-corrected chi connectivity index (χ1v) is 4.95. The minimum Gasteiger partial charge on any atom is -0.383 e. The molecule has 1 aromatic heterocycles. The van der Waals surface area contributed by atoms with Gasteiger partial charge in [-0.1, -0.05) is 0 Å². The topological polar surface area (TPSA) is 38.0 Å². The van der Waals surface area contributed by atoms with Crippen molar-refractivity contribution in [2.24, 2.45) is 7.05 Å². The summed E-state index contributed by atoms with van der Waals surface area (Å²) in [5, 5.41) is 12.8. The first-order chi connectivity index (χ1) is 6.73. The third-order valence-electron chi connectivity index (χ3n) is 2.03. The number of aromatic nitrogens is 2. The van der Waals surface area contributed by atoms with E-state index in [1.165, 1.54) is 11.7 Å². The Balaban J connectivity index is 2.90. The minimum atomic E-state index is -4.60. The summed E-state index contributed by atoms with van der Waals surface area (Å²) in [6.07, 6.45) is -7.46. The van der Waals surface area contributed by atoms with Gasteiger partial charge in [0, 0.05) is 13.5 Å².